The Bertz CT molecular complexity index is 53.6. The number of rotatable bonds is 1. The van der Waals surface area contributed by atoms with Crippen LogP contribution in [-0.2, 0) is 0 Å². The Morgan fingerprint density at radius 3 is 1.71 bits per heavy atom. The van der Waals surface area contributed by atoms with Gasteiger partial charge in [0.1, 0.15) is 0 Å². The third-order valence-corrected chi connectivity index (χ3v) is 1.74. The van der Waals surface area contributed by atoms with Crippen LogP contribution < -0.4 is 0 Å². The summed E-state index contributed by atoms with van der Waals surface area (Å²) < 4.78 is 0. The lowest BCUT2D eigenvalue weighted by Gasteiger charge is -2.22. The molecule has 0 bridgehead atoms. The third kappa shape index (κ3) is 3.04. The summed E-state index contributed by atoms with van der Waals surface area (Å²) in [6.45, 7) is 5.92. The summed E-state index contributed by atoms with van der Waals surface area (Å²) in [5, 5.41) is 0.135. The van der Waals surface area contributed by atoms with Gasteiger partial charge in [-0.05, 0) is 5.25 Å². The topological polar surface area (TPSA) is 0 Å². The fourth-order valence-corrected chi connectivity index (χ4v) is 0. The van der Waals surface area contributed by atoms with E-state index in [2.05, 4.69) is 12.6 Å². The van der Waals surface area contributed by atoms with Crippen molar-refractivity contribution in [1.29, 1.82) is 0 Å². The molecule has 0 saturated heterocycles. The lowest BCUT2D eigenvalue weighted by molar-refractivity contribution is 0.674. The second kappa shape index (κ2) is 2.12. The molecule has 0 rings (SSSR count). The highest BCUT2D eigenvalue weighted by Gasteiger charge is 2.14. The number of hydrogen-bond acceptors (Lipinski definition) is 1. The van der Waals surface area contributed by atoms with Crippen molar-refractivity contribution in [2.24, 2.45) is 0 Å². The molecule has 0 amide bonds. The van der Waals surface area contributed by atoms with Crippen molar-refractivity contribution in [3.63, 3.8) is 0 Å². The van der Waals surface area contributed by atoms with Gasteiger partial charge >= 0.3 is 0 Å². The highest BCUT2D eigenvalue weighted by atomic mass is 32.1. The molecule has 0 saturated carbocycles. The predicted molar refractivity (Wildman–Crippen MR) is 38.2 cm³/mol. The minimum atomic E-state index is -0.136. The molecule has 1 unspecified atom stereocenters. The van der Waals surface area contributed by atoms with Crippen molar-refractivity contribution in [3.8, 4) is 0 Å². The second-order valence-electron chi connectivity index (χ2n) is 2.50. The van der Waals surface area contributed by atoms with E-state index in [0.29, 0.717) is 0 Å². The van der Waals surface area contributed by atoms with Crippen molar-refractivity contribution in [3.05, 3.63) is 0 Å². The Kier molecular flexibility index (Phi) is 2.25. The predicted octanol–water partition coefficient (Wildman–Crippen LogP) is 1.67. The van der Waals surface area contributed by atoms with Crippen LogP contribution in [0.4, 0.5) is 0 Å². The van der Waals surface area contributed by atoms with Gasteiger partial charge in [-0.2, -0.15) is 12.6 Å². The Hall–Kier alpha value is 0.415. The molecule has 1 atom stereocenters. The van der Waals surface area contributed by atoms with Crippen LogP contribution in [0.5, 0.6) is 0 Å². The zero-order valence-electron chi connectivity index (χ0n) is 5.10. The van der Waals surface area contributed by atoms with E-state index in [1.165, 1.54) is 0 Å². The van der Waals surface area contributed by atoms with Crippen LogP contribution in [0, 0.1) is 0 Å². The van der Waals surface area contributed by atoms with E-state index in [1.807, 2.05) is 20.8 Å². The van der Waals surface area contributed by atoms with Crippen LogP contribution in [0.3, 0.4) is 0 Å². The van der Waals surface area contributed by atoms with E-state index in [-0.39, 0.29) is 10.6 Å². The number of thiol groups is 1. The second-order valence-corrected chi connectivity index (χ2v) is 3.27. The van der Waals surface area contributed by atoms with Crippen molar-refractivity contribution in [2.75, 3.05) is 0 Å². The Morgan fingerprint density at radius 1 is 1.57 bits per heavy atom. The normalized spacial score (nSPS) is 16.6. The summed E-state index contributed by atoms with van der Waals surface area (Å²) in [5.74, 6) is 0. The standard InChI is InChI=1S/C5H11BS/c1-4(7)5(2,3)6/h4,7H,1-3H3. The fraction of sp³-hybridized carbons (Fsp3) is 1.00. The van der Waals surface area contributed by atoms with Crippen molar-refractivity contribution in [1.82, 2.24) is 0 Å². The highest BCUT2D eigenvalue weighted by molar-refractivity contribution is 7.81. The maximum Gasteiger partial charge on any atom is 0.0753 e. The molecule has 0 spiro atoms. The summed E-state index contributed by atoms with van der Waals surface area (Å²) in [4.78, 5) is 0. The SMILES string of the molecule is [B]C(C)(C)C(C)S. The van der Waals surface area contributed by atoms with Crippen LogP contribution in [-0.4, -0.2) is 13.1 Å². The third-order valence-electron chi connectivity index (χ3n) is 1.08. The maximum absolute atomic E-state index is 5.60. The number of hydrogen-bond donors (Lipinski definition) is 1. The zero-order chi connectivity index (χ0) is 6.08. The first-order chi connectivity index (χ1) is 2.94. The van der Waals surface area contributed by atoms with Crippen LogP contribution in [0.2, 0.25) is 5.31 Å². The van der Waals surface area contributed by atoms with E-state index in [0.717, 1.165) is 0 Å². The molecule has 0 aliphatic heterocycles. The van der Waals surface area contributed by atoms with Gasteiger partial charge in [-0.15, -0.1) is 0 Å². The molecule has 2 radical (unpaired) electrons. The zero-order valence-corrected chi connectivity index (χ0v) is 6.00. The molecule has 0 aromatic heterocycles. The van der Waals surface area contributed by atoms with E-state index in [4.69, 9.17) is 7.85 Å². The molecule has 0 aliphatic rings. The van der Waals surface area contributed by atoms with E-state index >= 15 is 0 Å². The van der Waals surface area contributed by atoms with E-state index in [1.54, 1.807) is 0 Å². The van der Waals surface area contributed by atoms with E-state index < -0.39 is 0 Å². The van der Waals surface area contributed by atoms with Gasteiger partial charge in [0.2, 0.25) is 0 Å². The van der Waals surface area contributed by atoms with Crippen molar-refractivity contribution in [2.45, 2.75) is 31.3 Å². The first-order valence-corrected chi connectivity index (χ1v) is 2.93. The molecular weight excluding hydrogens is 103 g/mol. The van der Waals surface area contributed by atoms with Gasteiger partial charge in [0, 0.05) is 0 Å². The van der Waals surface area contributed by atoms with Gasteiger partial charge in [0.05, 0.1) is 7.85 Å². The average Bonchev–Trinajstić information content (AvgIpc) is 1.31. The molecule has 2 heteroatoms. The van der Waals surface area contributed by atoms with Crippen LogP contribution in [0.15, 0.2) is 0 Å². The summed E-state index contributed by atoms with van der Waals surface area (Å²) in [5.41, 5.74) is 0. The lowest BCUT2D eigenvalue weighted by atomic mass is 9.70. The molecule has 0 heterocycles. The van der Waals surface area contributed by atoms with Gasteiger partial charge in [0.15, 0.2) is 0 Å². The first-order valence-electron chi connectivity index (χ1n) is 2.41. The highest BCUT2D eigenvalue weighted by Crippen LogP contribution is 2.27. The molecule has 7 heavy (non-hydrogen) atoms. The molecular formula is C5H11BS. The first kappa shape index (κ1) is 7.41. The van der Waals surface area contributed by atoms with Crippen LogP contribution in [0.1, 0.15) is 20.8 Å². The lowest BCUT2D eigenvalue weighted by Crippen LogP contribution is -2.13. The van der Waals surface area contributed by atoms with Gasteiger partial charge in [-0.3, -0.25) is 0 Å². The van der Waals surface area contributed by atoms with Crippen molar-refractivity contribution < 1.29 is 0 Å². The summed E-state index contributed by atoms with van der Waals surface area (Å²) >= 11 is 4.15. The van der Waals surface area contributed by atoms with Gasteiger partial charge in [0.25, 0.3) is 0 Å². The van der Waals surface area contributed by atoms with Gasteiger partial charge < -0.3 is 0 Å². The largest absolute Gasteiger partial charge is 0.176 e. The molecule has 0 N–H and O–H groups in total. The van der Waals surface area contributed by atoms with Crippen molar-refractivity contribution >= 4 is 20.5 Å². The molecule has 0 aromatic carbocycles. The minimum absolute atomic E-state index is 0.136. The Balaban J connectivity index is 3.54. The van der Waals surface area contributed by atoms with Gasteiger partial charge in [-0.1, -0.05) is 26.1 Å². The van der Waals surface area contributed by atoms with E-state index in [9.17, 15) is 0 Å². The van der Waals surface area contributed by atoms with Crippen LogP contribution in [0.25, 0.3) is 0 Å². The van der Waals surface area contributed by atoms with Crippen LogP contribution >= 0.6 is 12.6 Å². The molecule has 40 valence electrons. The molecule has 0 aliphatic carbocycles. The smallest absolute Gasteiger partial charge is 0.0753 e. The summed E-state index contributed by atoms with van der Waals surface area (Å²) in [6.07, 6.45) is 0. The summed E-state index contributed by atoms with van der Waals surface area (Å²) in [6, 6.07) is 0. The molecule has 0 aromatic rings. The fourth-order valence-electron chi connectivity index (χ4n) is 0. The Labute approximate surface area is 52.5 Å². The summed E-state index contributed by atoms with van der Waals surface area (Å²) in [7, 11) is 5.60. The monoisotopic (exact) mass is 114 g/mol. The Morgan fingerprint density at radius 2 is 1.71 bits per heavy atom. The van der Waals surface area contributed by atoms with Gasteiger partial charge in [-0.25, -0.2) is 0 Å². The average molecular weight is 114 g/mol. The minimum Gasteiger partial charge on any atom is -0.176 e. The quantitative estimate of drug-likeness (QED) is 0.389. The molecule has 0 fully saturated rings. The molecule has 0 nitrogen and oxygen atoms in total. The maximum atomic E-state index is 5.60.